The number of carbonyl (C=O) groups is 3. The van der Waals surface area contributed by atoms with Crippen LogP contribution in [0.5, 0.6) is 0 Å². The van der Waals surface area contributed by atoms with Crippen molar-refractivity contribution in [2.24, 2.45) is 0 Å². The van der Waals surface area contributed by atoms with Gasteiger partial charge in [0.25, 0.3) is 0 Å². The molecule has 2 amide bonds. The predicted molar refractivity (Wildman–Crippen MR) is 71.1 cm³/mol. The smallest absolute Gasteiger partial charge is 0.322 e. The summed E-state index contributed by atoms with van der Waals surface area (Å²) in [5, 5.41) is 11.7. The molecule has 2 N–H and O–H groups in total. The highest BCUT2D eigenvalue weighted by atomic mass is 16.4. The molecule has 0 bridgehead atoms. The van der Waals surface area contributed by atoms with Gasteiger partial charge in [-0.1, -0.05) is 12.8 Å². The summed E-state index contributed by atoms with van der Waals surface area (Å²) in [7, 11) is 0. The lowest BCUT2D eigenvalue weighted by Gasteiger charge is -2.33. The van der Waals surface area contributed by atoms with E-state index in [4.69, 9.17) is 5.11 Å². The van der Waals surface area contributed by atoms with Crippen LogP contribution in [-0.2, 0) is 14.4 Å². The van der Waals surface area contributed by atoms with Gasteiger partial charge in [-0.3, -0.25) is 19.3 Å². The van der Waals surface area contributed by atoms with Crippen molar-refractivity contribution in [3.63, 3.8) is 0 Å². The average Bonchev–Trinajstić information content (AvgIpc) is 2.67. The van der Waals surface area contributed by atoms with Crippen LogP contribution in [0.1, 0.15) is 25.7 Å². The molecule has 2 rings (SSSR count). The Labute approximate surface area is 117 Å². The summed E-state index contributed by atoms with van der Waals surface area (Å²) in [4.78, 5) is 38.0. The molecule has 2 heterocycles. The topological polar surface area (TPSA) is 90.0 Å². The second kappa shape index (κ2) is 6.69. The van der Waals surface area contributed by atoms with Gasteiger partial charge in [0, 0.05) is 19.6 Å². The van der Waals surface area contributed by atoms with Crippen LogP contribution in [0.4, 0.5) is 0 Å². The number of hydrogen-bond acceptors (Lipinski definition) is 4. The lowest BCUT2D eigenvalue weighted by Crippen LogP contribution is -2.59. The number of hydrogen-bond donors (Lipinski definition) is 2. The van der Waals surface area contributed by atoms with Crippen LogP contribution in [0.15, 0.2) is 0 Å². The van der Waals surface area contributed by atoms with Gasteiger partial charge in [-0.25, -0.2) is 0 Å². The third-order valence-corrected chi connectivity index (χ3v) is 3.86. The maximum absolute atomic E-state index is 12.3. The van der Waals surface area contributed by atoms with E-state index in [9.17, 15) is 14.4 Å². The summed E-state index contributed by atoms with van der Waals surface area (Å²) in [6.07, 6.45) is 4.25. The Kier molecular flexibility index (Phi) is 4.94. The van der Waals surface area contributed by atoms with Crippen molar-refractivity contribution >= 4 is 17.8 Å². The molecule has 1 atom stereocenters. The fourth-order valence-corrected chi connectivity index (χ4v) is 2.69. The van der Waals surface area contributed by atoms with Gasteiger partial charge in [0.1, 0.15) is 6.04 Å². The number of carboxylic acid groups (broad SMARTS) is 1. The number of piperazine rings is 1. The third kappa shape index (κ3) is 3.69. The number of rotatable bonds is 3. The molecule has 0 saturated carbocycles. The second-order valence-corrected chi connectivity index (χ2v) is 5.36. The molecule has 0 aromatic heterocycles. The van der Waals surface area contributed by atoms with Crippen molar-refractivity contribution < 1.29 is 19.5 Å². The van der Waals surface area contributed by atoms with Crippen molar-refractivity contribution in [1.29, 1.82) is 0 Å². The van der Waals surface area contributed by atoms with Gasteiger partial charge < -0.3 is 15.3 Å². The molecular weight excluding hydrogens is 262 g/mol. The Balaban J connectivity index is 1.96. The summed E-state index contributed by atoms with van der Waals surface area (Å²) >= 11 is 0. The van der Waals surface area contributed by atoms with Gasteiger partial charge in [0.05, 0.1) is 13.1 Å². The summed E-state index contributed by atoms with van der Waals surface area (Å²) < 4.78 is 0. The Hall–Kier alpha value is -1.63. The van der Waals surface area contributed by atoms with Gasteiger partial charge in [-0.05, 0) is 12.8 Å². The van der Waals surface area contributed by atoms with Crippen LogP contribution in [0.2, 0.25) is 0 Å². The number of carbonyl (C=O) groups excluding carboxylic acids is 2. The normalized spacial score (nSPS) is 24.9. The molecule has 2 fully saturated rings. The molecule has 20 heavy (non-hydrogen) atoms. The molecule has 0 radical (unpaired) electrons. The molecule has 2 aliphatic rings. The molecule has 2 saturated heterocycles. The molecule has 7 heteroatoms. The van der Waals surface area contributed by atoms with Gasteiger partial charge in [-0.15, -0.1) is 0 Å². The summed E-state index contributed by atoms with van der Waals surface area (Å²) in [5.74, 6) is -1.31. The molecule has 1 unspecified atom stereocenters. The number of nitrogens with zero attached hydrogens (tertiary/aromatic N) is 2. The van der Waals surface area contributed by atoms with E-state index in [0.717, 1.165) is 38.8 Å². The minimum absolute atomic E-state index is 0.00435. The predicted octanol–water partition coefficient (Wildman–Crippen LogP) is -0.726. The van der Waals surface area contributed by atoms with E-state index in [1.807, 2.05) is 0 Å². The zero-order valence-electron chi connectivity index (χ0n) is 11.5. The third-order valence-electron chi connectivity index (χ3n) is 3.86. The number of amides is 2. The summed E-state index contributed by atoms with van der Waals surface area (Å²) in [6.45, 7) is 1.50. The Morgan fingerprint density at radius 2 is 1.85 bits per heavy atom. The lowest BCUT2D eigenvalue weighted by atomic mass is 10.2. The molecule has 7 nitrogen and oxygen atoms in total. The van der Waals surface area contributed by atoms with Crippen LogP contribution >= 0.6 is 0 Å². The summed E-state index contributed by atoms with van der Waals surface area (Å²) in [5.41, 5.74) is 0. The highest BCUT2D eigenvalue weighted by Crippen LogP contribution is 2.11. The molecular formula is C13H21N3O4. The molecule has 2 aliphatic heterocycles. The standard InChI is InChI=1S/C13H21N3O4/c17-11-8-16(10(7-14-11)13(19)20)9-12(18)15-5-3-1-2-4-6-15/h10H,1-9H2,(H,14,17)(H,19,20). The minimum atomic E-state index is -1.01. The lowest BCUT2D eigenvalue weighted by molar-refractivity contribution is -0.147. The van der Waals surface area contributed by atoms with Crippen molar-refractivity contribution in [3.8, 4) is 0 Å². The molecule has 0 aliphatic carbocycles. The first-order valence-electron chi connectivity index (χ1n) is 7.09. The van der Waals surface area contributed by atoms with E-state index in [-0.39, 0.29) is 31.4 Å². The Bertz CT molecular complexity index is 391. The van der Waals surface area contributed by atoms with E-state index in [1.165, 1.54) is 4.90 Å². The minimum Gasteiger partial charge on any atom is -0.480 e. The van der Waals surface area contributed by atoms with E-state index in [2.05, 4.69) is 5.32 Å². The Morgan fingerprint density at radius 1 is 1.20 bits per heavy atom. The molecule has 112 valence electrons. The first kappa shape index (κ1) is 14.8. The number of aliphatic carboxylic acids is 1. The second-order valence-electron chi connectivity index (χ2n) is 5.36. The van der Waals surface area contributed by atoms with Crippen molar-refractivity contribution in [3.05, 3.63) is 0 Å². The van der Waals surface area contributed by atoms with Gasteiger partial charge >= 0.3 is 5.97 Å². The van der Waals surface area contributed by atoms with E-state index in [0.29, 0.717) is 0 Å². The molecule has 0 aromatic rings. The fraction of sp³-hybridized carbons (Fsp3) is 0.769. The highest BCUT2D eigenvalue weighted by Gasteiger charge is 2.33. The van der Waals surface area contributed by atoms with Crippen molar-refractivity contribution in [2.75, 3.05) is 32.7 Å². The SMILES string of the molecule is O=C1CN(CC(=O)N2CCCCCC2)C(C(=O)O)CN1. The maximum atomic E-state index is 12.3. The van der Waals surface area contributed by atoms with Gasteiger partial charge in [-0.2, -0.15) is 0 Å². The van der Waals surface area contributed by atoms with Crippen LogP contribution in [0.25, 0.3) is 0 Å². The summed E-state index contributed by atoms with van der Waals surface area (Å²) in [6, 6.07) is -0.816. The number of likely N-dealkylation sites (tertiary alicyclic amines) is 1. The number of nitrogens with one attached hydrogen (secondary N) is 1. The van der Waals surface area contributed by atoms with E-state index < -0.39 is 12.0 Å². The van der Waals surface area contributed by atoms with E-state index in [1.54, 1.807) is 4.90 Å². The monoisotopic (exact) mass is 283 g/mol. The van der Waals surface area contributed by atoms with Crippen molar-refractivity contribution in [1.82, 2.24) is 15.1 Å². The van der Waals surface area contributed by atoms with E-state index >= 15 is 0 Å². The number of carboxylic acids is 1. The van der Waals surface area contributed by atoms with Gasteiger partial charge in [0.15, 0.2) is 0 Å². The molecule has 0 spiro atoms. The molecule has 0 aromatic carbocycles. The fourth-order valence-electron chi connectivity index (χ4n) is 2.69. The average molecular weight is 283 g/mol. The van der Waals surface area contributed by atoms with Crippen LogP contribution < -0.4 is 5.32 Å². The largest absolute Gasteiger partial charge is 0.480 e. The first-order chi connectivity index (χ1) is 9.58. The van der Waals surface area contributed by atoms with Gasteiger partial charge in [0.2, 0.25) is 11.8 Å². The van der Waals surface area contributed by atoms with Crippen LogP contribution in [-0.4, -0.2) is 71.5 Å². The van der Waals surface area contributed by atoms with Crippen molar-refractivity contribution in [2.45, 2.75) is 31.7 Å². The maximum Gasteiger partial charge on any atom is 0.322 e. The quantitative estimate of drug-likeness (QED) is 0.713. The Morgan fingerprint density at radius 3 is 2.45 bits per heavy atom. The first-order valence-corrected chi connectivity index (χ1v) is 7.09. The highest BCUT2D eigenvalue weighted by molar-refractivity contribution is 5.85. The zero-order chi connectivity index (χ0) is 14.5. The van der Waals surface area contributed by atoms with Crippen LogP contribution in [0, 0.1) is 0 Å². The van der Waals surface area contributed by atoms with Crippen LogP contribution in [0.3, 0.4) is 0 Å². The zero-order valence-corrected chi connectivity index (χ0v) is 11.5.